The zero-order valence-electron chi connectivity index (χ0n) is 16.5. The lowest BCUT2D eigenvalue weighted by Crippen LogP contribution is -2.10. The van der Waals surface area contributed by atoms with Gasteiger partial charge in [0.05, 0.1) is 21.7 Å². The topological polar surface area (TPSA) is 82.3 Å². The molecule has 148 valence electrons. The van der Waals surface area contributed by atoms with Crippen LogP contribution in [0.2, 0.25) is 0 Å². The summed E-state index contributed by atoms with van der Waals surface area (Å²) >= 11 is 0. The highest BCUT2D eigenvalue weighted by Crippen LogP contribution is 2.28. The first-order valence-electron chi connectivity index (χ1n) is 9.36. The van der Waals surface area contributed by atoms with Gasteiger partial charge in [0, 0.05) is 23.1 Å². The fraction of sp³-hybridized carbons (Fsp3) is 0.0833. The van der Waals surface area contributed by atoms with E-state index in [0.717, 1.165) is 22.2 Å². The third-order valence-corrected chi connectivity index (χ3v) is 4.87. The summed E-state index contributed by atoms with van der Waals surface area (Å²) < 4.78 is 5.50. The number of fused-ring (bicyclic) bond motifs is 1. The molecule has 4 rings (SSSR count). The van der Waals surface area contributed by atoms with E-state index in [1.54, 1.807) is 6.07 Å². The molecule has 0 saturated carbocycles. The average molecular weight is 398 g/mol. The van der Waals surface area contributed by atoms with Gasteiger partial charge in [0.1, 0.15) is 5.75 Å². The van der Waals surface area contributed by atoms with Gasteiger partial charge in [0.25, 0.3) is 5.69 Å². The van der Waals surface area contributed by atoms with E-state index in [1.165, 1.54) is 24.3 Å². The van der Waals surface area contributed by atoms with Crippen LogP contribution in [0.3, 0.4) is 0 Å². The predicted molar refractivity (Wildman–Crippen MR) is 115 cm³/mol. The lowest BCUT2D eigenvalue weighted by Gasteiger charge is -2.11. The van der Waals surface area contributed by atoms with Gasteiger partial charge in [0.15, 0.2) is 0 Å². The maximum absolute atomic E-state index is 13.0. The second kappa shape index (κ2) is 7.75. The molecule has 0 N–H and O–H groups in total. The molecule has 1 heterocycles. The maximum Gasteiger partial charge on any atom is 0.344 e. The minimum Gasteiger partial charge on any atom is -0.423 e. The standard InChI is InChI=1S/C24H18N2O4/c1-15-6-8-17(9-7-15)22-14-21(20-5-3-4-16(2)23(20)25-22)24(27)30-19-12-10-18(11-13-19)26(28)29/h3-14H,1-2H3. The van der Waals surface area contributed by atoms with Crippen LogP contribution in [-0.2, 0) is 0 Å². The Hall–Kier alpha value is -4.06. The predicted octanol–water partition coefficient (Wildman–Crippen LogP) is 5.65. The van der Waals surface area contributed by atoms with Crippen LogP contribution in [-0.4, -0.2) is 15.9 Å². The fourth-order valence-electron chi connectivity index (χ4n) is 3.23. The van der Waals surface area contributed by atoms with Crippen molar-refractivity contribution < 1.29 is 14.5 Å². The highest BCUT2D eigenvalue weighted by Gasteiger charge is 2.17. The van der Waals surface area contributed by atoms with Gasteiger partial charge in [-0.15, -0.1) is 0 Å². The van der Waals surface area contributed by atoms with Gasteiger partial charge in [-0.25, -0.2) is 9.78 Å². The summed E-state index contributed by atoms with van der Waals surface area (Å²) in [6.45, 7) is 3.95. The average Bonchev–Trinajstić information content (AvgIpc) is 2.74. The van der Waals surface area contributed by atoms with Gasteiger partial charge in [-0.05, 0) is 37.6 Å². The van der Waals surface area contributed by atoms with Crippen LogP contribution in [0, 0.1) is 24.0 Å². The highest BCUT2D eigenvalue weighted by atomic mass is 16.6. The fourth-order valence-corrected chi connectivity index (χ4v) is 3.23. The van der Waals surface area contributed by atoms with Crippen LogP contribution in [0.5, 0.6) is 5.75 Å². The summed E-state index contributed by atoms with van der Waals surface area (Å²) in [5.74, 6) is -0.310. The monoisotopic (exact) mass is 398 g/mol. The van der Waals surface area contributed by atoms with Gasteiger partial charge in [0.2, 0.25) is 0 Å². The lowest BCUT2D eigenvalue weighted by molar-refractivity contribution is -0.384. The molecule has 0 atom stereocenters. The molecule has 6 heteroatoms. The number of benzene rings is 3. The molecule has 0 unspecified atom stereocenters. The van der Waals surface area contributed by atoms with E-state index in [4.69, 9.17) is 9.72 Å². The second-order valence-electron chi connectivity index (χ2n) is 7.03. The van der Waals surface area contributed by atoms with E-state index >= 15 is 0 Å². The van der Waals surface area contributed by atoms with Gasteiger partial charge in [-0.2, -0.15) is 0 Å². The molecule has 6 nitrogen and oxygen atoms in total. The van der Waals surface area contributed by atoms with E-state index in [-0.39, 0.29) is 11.4 Å². The van der Waals surface area contributed by atoms with Crippen LogP contribution in [0.25, 0.3) is 22.2 Å². The molecule has 30 heavy (non-hydrogen) atoms. The van der Waals surface area contributed by atoms with Gasteiger partial charge >= 0.3 is 5.97 Å². The van der Waals surface area contributed by atoms with Crippen LogP contribution in [0.1, 0.15) is 21.5 Å². The molecule has 0 aliphatic rings. The minimum absolute atomic E-state index is 0.0681. The number of carbonyl (C=O) groups is 1. The zero-order valence-corrected chi connectivity index (χ0v) is 16.5. The third kappa shape index (κ3) is 3.75. The summed E-state index contributed by atoms with van der Waals surface area (Å²) in [6, 6.07) is 20.7. The first kappa shape index (κ1) is 19.3. The molecule has 0 bridgehead atoms. The molecular formula is C24H18N2O4. The zero-order chi connectivity index (χ0) is 21.3. The Balaban J connectivity index is 1.78. The number of para-hydroxylation sites is 1. The molecule has 1 aromatic heterocycles. The van der Waals surface area contributed by atoms with Crippen molar-refractivity contribution in [3.05, 3.63) is 99.6 Å². The smallest absolute Gasteiger partial charge is 0.344 e. The summed E-state index contributed by atoms with van der Waals surface area (Å²) in [5, 5.41) is 11.5. The largest absolute Gasteiger partial charge is 0.423 e. The number of aryl methyl sites for hydroxylation is 2. The van der Waals surface area contributed by atoms with E-state index < -0.39 is 10.9 Å². The Bertz CT molecular complexity index is 1260. The van der Waals surface area contributed by atoms with Crippen molar-refractivity contribution in [2.45, 2.75) is 13.8 Å². The van der Waals surface area contributed by atoms with E-state index in [0.29, 0.717) is 16.6 Å². The summed E-state index contributed by atoms with van der Waals surface area (Å²) in [4.78, 5) is 28.1. The number of nitrogens with zero attached hydrogens (tertiary/aromatic N) is 2. The number of nitro groups is 1. The summed E-state index contributed by atoms with van der Waals surface area (Å²) in [7, 11) is 0. The summed E-state index contributed by atoms with van der Waals surface area (Å²) in [5.41, 5.74) is 4.70. The molecule has 3 aromatic carbocycles. The SMILES string of the molecule is Cc1ccc(-c2cc(C(=O)Oc3ccc([N+](=O)[O-])cc3)c3cccc(C)c3n2)cc1. The number of nitro benzene ring substituents is 1. The number of carbonyl (C=O) groups excluding carboxylic acids is 1. The number of rotatable bonds is 4. The Morgan fingerprint density at radius 1 is 0.967 bits per heavy atom. The first-order chi connectivity index (χ1) is 14.4. The number of esters is 1. The molecule has 0 aliphatic heterocycles. The highest BCUT2D eigenvalue weighted by molar-refractivity contribution is 6.06. The number of aromatic nitrogens is 1. The van der Waals surface area contributed by atoms with Crippen molar-refractivity contribution in [2.75, 3.05) is 0 Å². The molecule has 0 radical (unpaired) electrons. The van der Waals surface area contributed by atoms with Crippen molar-refractivity contribution in [3.63, 3.8) is 0 Å². The van der Waals surface area contributed by atoms with Gasteiger partial charge in [-0.3, -0.25) is 10.1 Å². The van der Waals surface area contributed by atoms with Crippen LogP contribution < -0.4 is 4.74 Å². The van der Waals surface area contributed by atoms with Crippen LogP contribution in [0.15, 0.2) is 72.8 Å². The Morgan fingerprint density at radius 2 is 1.67 bits per heavy atom. The maximum atomic E-state index is 13.0. The Labute approximate surface area is 172 Å². The lowest BCUT2D eigenvalue weighted by atomic mass is 10.0. The first-order valence-corrected chi connectivity index (χ1v) is 9.36. The molecule has 0 aliphatic carbocycles. The molecule has 0 spiro atoms. The quantitative estimate of drug-likeness (QED) is 0.192. The van der Waals surface area contributed by atoms with Crippen molar-refractivity contribution in [1.82, 2.24) is 4.98 Å². The number of ether oxygens (including phenoxy) is 1. The summed E-state index contributed by atoms with van der Waals surface area (Å²) in [6.07, 6.45) is 0. The van der Waals surface area contributed by atoms with Crippen LogP contribution in [0.4, 0.5) is 5.69 Å². The van der Waals surface area contributed by atoms with E-state index in [1.807, 2.05) is 56.3 Å². The van der Waals surface area contributed by atoms with Crippen molar-refractivity contribution in [3.8, 4) is 17.0 Å². The second-order valence-corrected chi connectivity index (χ2v) is 7.03. The molecule has 4 aromatic rings. The minimum atomic E-state index is -0.546. The molecule has 0 amide bonds. The molecule has 0 saturated heterocycles. The van der Waals surface area contributed by atoms with Crippen molar-refractivity contribution in [1.29, 1.82) is 0 Å². The number of hydrogen-bond acceptors (Lipinski definition) is 5. The number of non-ortho nitro benzene ring substituents is 1. The van der Waals surface area contributed by atoms with Crippen LogP contribution >= 0.6 is 0 Å². The van der Waals surface area contributed by atoms with E-state index in [2.05, 4.69) is 0 Å². The Morgan fingerprint density at radius 3 is 2.33 bits per heavy atom. The Kier molecular flexibility index (Phi) is 4.98. The van der Waals surface area contributed by atoms with Crippen molar-refractivity contribution in [2.24, 2.45) is 0 Å². The van der Waals surface area contributed by atoms with E-state index in [9.17, 15) is 14.9 Å². The third-order valence-electron chi connectivity index (χ3n) is 4.87. The number of hydrogen-bond donors (Lipinski definition) is 0. The molecular weight excluding hydrogens is 380 g/mol. The van der Waals surface area contributed by atoms with Crippen molar-refractivity contribution >= 4 is 22.6 Å². The van der Waals surface area contributed by atoms with Gasteiger partial charge in [-0.1, -0.05) is 48.0 Å². The van der Waals surface area contributed by atoms with Gasteiger partial charge < -0.3 is 4.74 Å². The molecule has 0 fully saturated rings. The number of pyridine rings is 1. The normalized spacial score (nSPS) is 10.7.